The number of hydrogen-bond donors (Lipinski definition) is 3. The molecule has 2 aromatic heterocycles. The van der Waals surface area contributed by atoms with Crippen LogP contribution in [0.4, 0.5) is 17.6 Å². The van der Waals surface area contributed by atoms with E-state index in [2.05, 4.69) is 34.1 Å². The fourth-order valence-electron chi connectivity index (χ4n) is 3.27. The van der Waals surface area contributed by atoms with Crippen LogP contribution in [0.15, 0.2) is 24.5 Å². The van der Waals surface area contributed by atoms with Crippen LogP contribution in [0.1, 0.15) is 30.2 Å². The van der Waals surface area contributed by atoms with Crippen molar-refractivity contribution in [3.05, 3.63) is 30.1 Å². The number of aromatic nitrogens is 4. The lowest BCUT2D eigenvalue weighted by Gasteiger charge is -2.29. The Morgan fingerprint density at radius 2 is 2.11 bits per heavy atom. The van der Waals surface area contributed by atoms with Gasteiger partial charge in [-0.25, -0.2) is 14.8 Å². The zero-order chi connectivity index (χ0) is 19.0. The maximum Gasteiger partial charge on any atom is 0.337 e. The third-order valence-electron chi connectivity index (χ3n) is 4.64. The number of carbonyl (C=O) groups is 1. The van der Waals surface area contributed by atoms with Crippen LogP contribution in [0.2, 0.25) is 0 Å². The van der Waals surface area contributed by atoms with Gasteiger partial charge in [-0.2, -0.15) is 0 Å². The molecule has 0 saturated carbocycles. The maximum atomic E-state index is 11.8. The molecule has 9 heteroatoms. The van der Waals surface area contributed by atoms with Gasteiger partial charge in [-0.15, -0.1) is 0 Å². The van der Waals surface area contributed by atoms with Crippen molar-refractivity contribution >= 4 is 34.6 Å². The van der Waals surface area contributed by atoms with E-state index in [4.69, 9.17) is 4.74 Å². The minimum absolute atomic E-state index is 0.242. The quantitative estimate of drug-likeness (QED) is 0.633. The van der Waals surface area contributed by atoms with Gasteiger partial charge in [-0.05, 0) is 26.0 Å². The first-order valence-corrected chi connectivity index (χ1v) is 8.92. The molecule has 3 heterocycles. The molecule has 0 aliphatic carbocycles. The normalized spacial score (nSPS) is 14.9. The number of imidazole rings is 2. The number of anilines is 3. The molecule has 1 saturated heterocycles. The number of morpholine rings is 1. The van der Waals surface area contributed by atoms with Crippen molar-refractivity contribution in [2.24, 2.45) is 0 Å². The molecule has 9 nitrogen and oxygen atoms in total. The number of nitrogens with one attached hydrogen (secondary N) is 2. The van der Waals surface area contributed by atoms with Gasteiger partial charge in [0.2, 0.25) is 11.9 Å². The molecule has 1 fully saturated rings. The monoisotopic (exact) mass is 370 g/mol. The van der Waals surface area contributed by atoms with Crippen LogP contribution in [0.3, 0.4) is 0 Å². The molecule has 0 bridgehead atoms. The van der Waals surface area contributed by atoms with Crippen molar-refractivity contribution in [2.75, 3.05) is 36.5 Å². The van der Waals surface area contributed by atoms with Gasteiger partial charge in [-0.1, -0.05) is 0 Å². The topological polar surface area (TPSA) is 108 Å². The van der Waals surface area contributed by atoms with Gasteiger partial charge in [0, 0.05) is 31.5 Å². The minimum Gasteiger partial charge on any atom is -0.478 e. The smallest absolute Gasteiger partial charge is 0.337 e. The average Bonchev–Trinajstić information content (AvgIpc) is 3.27. The van der Waals surface area contributed by atoms with Gasteiger partial charge < -0.3 is 24.3 Å². The van der Waals surface area contributed by atoms with E-state index in [9.17, 15) is 9.90 Å². The number of nitrogens with zero attached hydrogens (tertiary/aromatic N) is 4. The average molecular weight is 370 g/mol. The lowest BCUT2D eigenvalue weighted by molar-refractivity contribution is 0.0696. The van der Waals surface area contributed by atoms with Crippen LogP contribution in [0.25, 0.3) is 11.0 Å². The number of aromatic amines is 1. The second-order valence-electron chi connectivity index (χ2n) is 6.75. The summed E-state index contributed by atoms with van der Waals surface area (Å²) >= 11 is 0. The van der Waals surface area contributed by atoms with Crippen LogP contribution in [-0.4, -0.2) is 56.9 Å². The molecule has 0 atom stereocenters. The number of aromatic carboxylic acids is 1. The molecule has 0 spiro atoms. The number of ether oxygens (including phenoxy) is 1. The first-order valence-electron chi connectivity index (χ1n) is 8.92. The molecule has 0 radical (unpaired) electrons. The van der Waals surface area contributed by atoms with E-state index in [1.807, 2.05) is 21.7 Å². The highest BCUT2D eigenvalue weighted by molar-refractivity contribution is 6.00. The molecule has 0 unspecified atom stereocenters. The van der Waals surface area contributed by atoms with Gasteiger partial charge in [0.15, 0.2) is 0 Å². The summed E-state index contributed by atoms with van der Waals surface area (Å²) in [5, 5.41) is 12.8. The second kappa shape index (κ2) is 6.92. The summed E-state index contributed by atoms with van der Waals surface area (Å²) in [7, 11) is 0. The molecule has 4 rings (SSSR count). The number of fused-ring (bicyclic) bond motifs is 1. The minimum atomic E-state index is -0.966. The van der Waals surface area contributed by atoms with Crippen molar-refractivity contribution in [2.45, 2.75) is 19.9 Å². The second-order valence-corrected chi connectivity index (χ2v) is 6.75. The van der Waals surface area contributed by atoms with Crippen LogP contribution < -0.4 is 10.2 Å². The summed E-state index contributed by atoms with van der Waals surface area (Å²) < 4.78 is 7.37. The van der Waals surface area contributed by atoms with E-state index < -0.39 is 5.97 Å². The van der Waals surface area contributed by atoms with Crippen molar-refractivity contribution in [1.29, 1.82) is 0 Å². The molecular weight excluding hydrogens is 348 g/mol. The third-order valence-corrected chi connectivity index (χ3v) is 4.64. The van der Waals surface area contributed by atoms with Gasteiger partial charge in [0.1, 0.15) is 0 Å². The fourth-order valence-corrected chi connectivity index (χ4v) is 3.27. The molecule has 1 aromatic carbocycles. The molecule has 3 N–H and O–H groups in total. The highest BCUT2D eigenvalue weighted by Gasteiger charge is 2.21. The fraction of sp³-hybridized carbons (Fsp3) is 0.389. The van der Waals surface area contributed by atoms with Crippen LogP contribution >= 0.6 is 0 Å². The summed E-state index contributed by atoms with van der Waals surface area (Å²) in [5.41, 5.74) is 2.28. The highest BCUT2D eigenvalue weighted by atomic mass is 16.5. The predicted octanol–water partition coefficient (Wildman–Crippen LogP) is 2.62. The SMILES string of the molecule is CC(C)n1ccnc1Nc1nc2cc(C(=O)O)c(N3CCOCC3)cc2[nH]1. The Labute approximate surface area is 156 Å². The lowest BCUT2D eigenvalue weighted by atomic mass is 10.1. The van der Waals surface area contributed by atoms with Crippen LogP contribution in [-0.2, 0) is 4.74 Å². The Hall–Kier alpha value is -3.07. The Morgan fingerprint density at radius 1 is 1.33 bits per heavy atom. The summed E-state index contributed by atoms with van der Waals surface area (Å²) in [4.78, 5) is 25.8. The highest BCUT2D eigenvalue weighted by Crippen LogP contribution is 2.28. The van der Waals surface area contributed by atoms with Gasteiger partial charge >= 0.3 is 5.97 Å². The standard InChI is InChI=1S/C18H22N6O3/c1-11(2)24-4-3-19-18(24)22-17-20-13-9-12(16(25)26)15(10-14(13)21-17)23-5-7-27-8-6-23/h3-4,9-11H,5-8H2,1-2H3,(H,25,26)(H2,19,20,21,22). The maximum absolute atomic E-state index is 11.8. The Morgan fingerprint density at radius 3 is 2.81 bits per heavy atom. The van der Waals surface area contributed by atoms with E-state index in [1.54, 1.807) is 12.3 Å². The zero-order valence-corrected chi connectivity index (χ0v) is 15.3. The summed E-state index contributed by atoms with van der Waals surface area (Å²) in [6.45, 7) is 6.64. The van der Waals surface area contributed by atoms with E-state index in [-0.39, 0.29) is 11.6 Å². The zero-order valence-electron chi connectivity index (χ0n) is 15.3. The lowest BCUT2D eigenvalue weighted by Crippen LogP contribution is -2.37. The van der Waals surface area contributed by atoms with E-state index in [1.165, 1.54) is 0 Å². The van der Waals surface area contributed by atoms with E-state index >= 15 is 0 Å². The molecular formula is C18H22N6O3. The van der Waals surface area contributed by atoms with Crippen molar-refractivity contribution in [3.8, 4) is 0 Å². The largest absolute Gasteiger partial charge is 0.478 e. The van der Waals surface area contributed by atoms with Crippen LogP contribution in [0, 0.1) is 0 Å². The first-order chi connectivity index (χ1) is 13.0. The Bertz CT molecular complexity index is 971. The molecule has 1 aliphatic heterocycles. The molecule has 142 valence electrons. The molecule has 27 heavy (non-hydrogen) atoms. The van der Waals surface area contributed by atoms with Gasteiger partial charge in [0.25, 0.3) is 0 Å². The number of carboxylic acids is 1. The van der Waals surface area contributed by atoms with Crippen LogP contribution in [0.5, 0.6) is 0 Å². The molecule has 3 aromatic rings. The van der Waals surface area contributed by atoms with Gasteiger partial charge in [0.05, 0.1) is 35.5 Å². The molecule has 1 aliphatic rings. The van der Waals surface area contributed by atoms with Gasteiger partial charge in [-0.3, -0.25) is 5.32 Å². The Balaban J connectivity index is 1.71. The van der Waals surface area contributed by atoms with Crippen molar-refractivity contribution in [1.82, 2.24) is 19.5 Å². The molecule has 0 amide bonds. The summed E-state index contributed by atoms with van der Waals surface area (Å²) in [6, 6.07) is 3.71. The summed E-state index contributed by atoms with van der Waals surface area (Å²) in [5.74, 6) is 0.232. The number of rotatable bonds is 5. The number of carboxylic acid groups (broad SMARTS) is 1. The number of benzene rings is 1. The Kier molecular flexibility index (Phi) is 4.44. The predicted molar refractivity (Wildman–Crippen MR) is 102 cm³/mol. The first kappa shape index (κ1) is 17.3. The number of H-pyrrole nitrogens is 1. The van der Waals surface area contributed by atoms with E-state index in [0.29, 0.717) is 49.4 Å². The van der Waals surface area contributed by atoms with Crippen molar-refractivity contribution in [3.63, 3.8) is 0 Å². The summed E-state index contributed by atoms with van der Waals surface area (Å²) in [6.07, 6.45) is 3.62. The van der Waals surface area contributed by atoms with Crippen molar-refractivity contribution < 1.29 is 14.6 Å². The third kappa shape index (κ3) is 3.33. The van der Waals surface area contributed by atoms with E-state index in [0.717, 1.165) is 5.52 Å². The number of hydrogen-bond acceptors (Lipinski definition) is 6.